The lowest BCUT2D eigenvalue weighted by molar-refractivity contribution is -0.137. The van der Waals surface area contributed by atoms with Crippen LogP contribution in [0.4, 0.5) is 13.2 Å². The molecular weight excluding hydrogens is 331 g/mol. The van der Waals surface area contributed by atoms with E-state index in [0.717, 1.165) is 44.9 Å². The van der Waals surface area contributed by atoms with Gasteiger partial charge >= 0.3 is 6.18 Å². The first-order valence-electron chi connectivity index (χ1n) is 7.31. The first-order valence-corrected chi connectivity index (χ1v) is 7.31. The molecule has 0 aliphatic carbocycles. The lowest BCUT2D eigenvalue weighted by Gasteiger charge is -2.27. The molecule has 1 aromatic carbocycles. The third-order valence-electron chi connectivity index (χ3n) is 3.58. The Morgan fingerprint density at radius 3 is 2.61 bits per heavy atom. The van der Waals surface area contributed by atoms with Crippen molar-refractivity contribution in [1.29, 1.82) is 0 Å². The van der Waals surface area contributed by atoms with Crippen LogP contribution in [0.5, 0.6) is 0 Å². The van der Waals surface area contributed by atoms with Crippen molar-refractivity contribution in [1.82, 2.24) is 15.5 Å². The number of halogens is 4. The van der Waals surface area contributed by atoms with Crippen LogP contribution in [0.25, 0.3) is 0 Å². The summed E-state index contributed by atoms with van der Waals surface area (Å²) in [5.74, 6) is -0.255. The lowest BCUT2D eigenvalue weighted by atomic mass is 10.1. The van der Waals surface area contributed by atoms with E-state index in [1.165, 1.54) is 12.1 Å². The predicted octanol–water partition coefficient (Wildman–Crippen LogP) is 1.69. The molecule has 2 N–H and O–H groups in total. The number of alkyl halides is 3. The highest BCUT2D eigenvalue weighted by atomic mass is 35.5. The van der Waals surface area contributed by atoms with Crippen molar-refractivity contribution in [2.24, 2.45) is 0 Å². The van der Waals surface area contributed by atoms with E-state index in [9.17, 15) is 18.0 Å². The largest absolute Gasteiger partial charge is 0.416 e. The minimum atomic E-state index is -4.38. The average Bonchev–Trinajstić information content (AvgIpc) is 2.48. The van der Waals surface area contributed by atoms with E-state index in [2.05, 4.69) is 15.5 Å². The van der Waals surface area contributed by atoms with E-state index in [1.807, 2.05) is 0 Å². The third-order valence-corrected chi connectivity index (χ3v) is 3.58. The molecule has 1 aliphatic rings. The Morgan fingerprint density at radius 1 is 1.26 bits per heavy atom. The van der Waals surface area contributed by atoms with Crippen LogP contribution in [-0.2, 0) is 17.4 Å². The number of amides is 1. The maximum absolute atomic E-state index is 12.6. The molecule has 1 aromatic rings. The zero-order valence-electron chi connectivity index (χ0n) is 12.7. The van der Waals surface area contributed by atoms with Gasteiger partial charge in [0.2, 0.25) is 5.91 Å². The Balaban J connectivity index is 0.00000264. The van der Waals surface area contributed by atoms with Gasteiger partial charge in [0.25, 0.3) is 0 Å². The number of benzene rings is 1. The normalized spacial score (nSPS) is 15.8. The number of carbonyl (C=O) groups excluding carboxylic acids is 1. The molecular formula is C15H21ClF3N3O. The molecule has 1 heterocycles. The van der Waals surface area contributed by atoms with Crippen LogP contribution in [0.2, 0.25) is 0 Å². The van der Waals surface area contributed by atoms with Gasteiger partial charge < -0.3 is 10.6 Å². The molecule has 4 nitrogen and oxygen atoms in total. The molecule has 2 rings (SSSR count). The summed E-state index contributed by atoms with van der Waals surface area (Å²) in [6.07, 6.45) is -4.42. The van der Waals surface area contributed by atoms with Gasteiger partial charge in [-0.15, -0.1) is 12.4 Å². The maximum Gasteiger partial charge on any atom is 0.416 e. The predicted molar refractivity (Wildman–Crippen MR) is 84.7 cm³/mol. The number of nitrogens with one attached hydrogen (secondary N) is 2. The fraction of sp³-hybridized carbons (Fsp3) is 0.533. The summed E-state index contributed by atoms with van der Waals surface area (Å²) in [7, 11) is 0. The van der Waals surface area contributed by atoms with Crippen LogP contribution in [0, 0.1) is 0 Å². The zero-order chi connectivity index (χ0) is 16.0. The van der Waals surface area contributed by atoms with Crippen molar-refractivity contribution >= 4 is 18.3 Å². The molecule has 0 bridgehead atoms. The minimum Gasteiger partial charge on any atom is -0.355 e. The van der Waals surface area contributed by atoms with Gasteiger partial charge in [0, 0.05) is 39.3 Å². The highest BCUT2D eigenvalue weighted by Crippen LogP contribution is 2.29. The molecule has 0 saturated carbocycles. The van der Waals surface area contributed by atoms with Gasteiger partial charge in [-0.3, -0.25) is 9.69 Å². The van der Waals surface area contributed by atoms with E-state index in [1.54, 1.807) is 0 Å². The second-order valence-corrected chi connectivity index (χ2v) is 5.32. The van der Waals surface area contributed by atoms with E-state index in [4.69, 9.17) is 0 Å². The fourth-order valence-electron chi connectivity index (χ4n) is 2.39. The van der Waals surface area contributed by atoms with E-state index >= 15 is 0 Å². The van der Waals surface area contributed by atoms with Gasteiger partial charge in [0.1, 0.15) is 0 Å². The third kappa shape index (κ3) is 6.76. The lowest BCUT2D eigenvalue weighted by Crippen LogP contribution is -2.46. The number of carbonyl (C=O) groups is 1. The van der Waals surface area contributed by atoms with Crippen LogP contribution in [0.1, 0.15) is 11.1 Å². The van der Waals surface area contributed by atoms with Gasteiger partial charge in [-0.2, -0.15) is 13.2 Å². The number of nitrogens with zero attached hydrogens (tertiary/aromatic N) is 1. The number of hydrogen-bond donors (Lipinski definition) is 2. The van der Waals surface area contributed by atoms with Crippen molar-refractivity contribution < 1.29 is 18.0 Å². The highest BCUT2D eigenvalue weighted by molar-refractivity contribution is 5.85. The minimum absolute atomic E-state index is 0. The Kier molecular flexibility index (Phi) is 7.81. The van der Waals surface area contributed by atoms with Gasteiger partial charge in [0.15, 0.2) is 0 Å². The van der Waals surface area contributed by atoms with Crippen LogP contribution in [0.3, 0.4) is 0 Å². The Morgan fingerprint density at radius 2 is 1.96 bits per heavy atom. The smallest absolute Gasteiger partial charge is 0.355 e. The number of hydrogen-bond acceptors (Lipinski definition) is 3. The number of rotatable bonds is 5. The van der Waals surface area contributed by atoms with Gasteiger partial charge in [-0.1, -0.05) is 18.2 Å². The summed E-state index contributed by atoms with van der Waals surface area (Å²) < 4.78 is 37.8. The van der Waals surface area contributed by atoms with Gasteiger partial charge in [-0.25, -0.2) is 0 Å². The van der Waals surface area contributed by atoms with Crippen molar-refractivity contribution in [2.75, 3.05) is 39.3 Å². The summed E-state index contributed by atoms with van der Waals surface area (Å²) in [5, 5.41) is 6.00. The molecule has 1 amide bonds. The summed E-state index contributed by atoms with van der Waals surface area (Å²) in [6, 6.07) is 4.89. The van der Waals surface area contributed by atoms with Crippen LogP contribution < -0.4 is 10.6 Å². The summed E-state index contributed by atoms with van der Waals surface area (Å²) >= 11 is 0. The zero-order valence-corrected chi connectivity index (χ0v) is 13.5. The summed E-state index contributed by atoms with van der Waals surface area (Å²) in [5.41, 5.74) is -0.354. The summed E-state index contributed by atoms with van der Waals surface area (Å²) in [4.78, 5) is 14.0. The Bertz CT molecular complexity index is 505. The quantitative estimate of drug-likeness (QED) is 0.848. The molecule has 1 aliphatic heterocycles. The molecule has 1 fully saturated rings. The molecule has 0 spiro atoms. The second kappa shape index (κ2) is 9.10. The number of piperazine rings is 1. The van der Waals surface area contributed by atoms with Crippen LogP contribution in [0.15, 0.2) is 24.3 Å². The molecule has 8 heteroatoms. The van der Waals surface area contributed by atoms with Crippen molar-refractivity contribution in [3.8, 4) is 0 Å². The topological polar surface area (TPSA) is 44.4 Å². The molecule has 0 unspecified atom stereocenters. The van der Waals surface area contributed by atoms with E-state index in [0.29, 0.717) is 12.1 Å². The molecule has 130 valence electrons. The van der Waals surface area contributed by atoms with Crippen LogP contribution >= 0.6 is 12.4 Å². The Hall–Kier alpha value is -1.31. The van der Waals surface area contributed by atoms with Crippen LogP contribution in [-0.4, -0.2) is 50.1 Å². The molecule has 1 saturated heterocycles. The first kappa shape index (κ1) is 19.7. The Labute approximate surface area is 139 Å². The molecule has 0 aromatic heterocycles. The second-order valence-electron chi connectivity index (χ2n) is 5.32. The highest BCUT2D eigenvalue weighted by Gasteiger charge is 2.30. The first-order chi connectivity index (χ1) is 10.4. The van der Waals surface area contributed by atoms with E-state index in [-0.39, 0.29) is 24.7 Å². The van der Waals surface area contributed by atoms with Crippen molar-refractivity contribution in [3.63, 3.8) is 0 Å². The molecule has 23 heavy (non-hydrogen) atoms. The van der Waals surface area contributed by atoms with E-state index < -0.39 is 11.7 Å². The average molecular weight is 352 g/mol. The van der Waals surface area contributed by atoms with Crippen molar-refractivity contribution in [3.05, 3.63) is 35.4 Å². The monoisotopic (exact) mass is 351 g/mol. The van der Waals surface area contributed by atoms with Crippen molar-refractivity contribution in [2.45, 2.75) is 12.6 Å². The fourth-order valence-corrected chi connectivity index (χ4v) is 2.39. The summed E-state index contributed by atoms with van der Waals surface area (Å²) in [6.45, 7) is 5.05. The molecule has 0 radical (unpaired) electrons. The van der Waals surface area contributed by atoms with Gasteiger partial charge in [0.05, 0.1) is 12.0 Å². The SMILES string of the molecule is Cl.O=C(Cc1cccc(C(F)(F)F)c1)NCCN1CCNCC1. The van der Waals surface area contributed by atoms with Gasteiger partial charge in [-0.05, 0) is 11.6 Å². The maximum atomic E-state index is 12.6. The molecule has 0 atom stereocenters. The standard InChI is InChI=1S/C15H20F3N3O.ClH/c16-15(17,18)13-3-1-2-12(10-13)11-14(22)20-6-9-21-7-4-19-5-8-21;/h1-3,10,19H,4-9,11H2,(H,20,22);1H.